The standard InChI is InChI=1S/C44H49N6O5P/c1-32(2)50(33(3)4)56(53,29-17-27-45)54-31-39-38(30-41(55-39)49-28-26-40(47-43(49)52)46-42(51)34-18-9-5-10-19-34)48-44(35-20-11-6-12-21-35,36-22-13-7-14-23-36)37-24-15-8-16-25-37/h5-16,18-26,28,32-33,38-39,41,48,53H,17,29-31H2,1-4H3/p+1/t38-,39+,41+,56?/m0/s1. The van der Waals surface area contributed by atoms with Crippen molar-refractivity contribution >= 4 is 19.6 Å². The lowest BCUT2D eigenvalue weighted by Gasteiger charge is -2.40. The van der Waals surface area contributed by atoms with Crippen molar-refractivity contribution in [3.8, 4) is 6.07 Å². The van der Waals surface area contributed by atoms with E-state index in [1.54, 1.807) is 36.5 Å². The normalized spacial score (nSPS) is 18.2. The Morgan fingerprint density at radius 2 is 1.43 bits per heavy atom. The number of nitrogens with zero attached hydrogens (tertiary/aromatic N) is 4. The molecule has 1 aliphatic heterocycles. The highest BCUT2D eigenvalue weighted by molar-refractivity contribution is 7.63. The molecule has 1 aliphatic rings. The molecule has 1 saturated heterocycles. The molecule has 4 atom stereocenters. The second-order valence-electron chi connectivity index (χ2n) is 14.4. The van der Waals surface area contributed by atoms with Crippen LogP contribution in [0.2, 0.25) is 0 Å². The summed E-state index contributed by atoms with van der Waals surface area (Å²) < 4.78 is 16.8. The molecule has 0 radical (unpaired) electrons. The number of aromatic nitrogens is 2. The highest BCUT2D eigenvalue weighted by atomic mass is 31.2. The number of carbonyl (C=O) groups excluding carboxylic acids is 1. The van der Waals surface area contributed by atoms with Gasteiger partial charge in [0.25, 0.3) is 5.91 Å². The van der Waals surface area contributed by atoms with E-state index in [-0.39, 0.29) is 43.0 Å². The zero-order valence-corrected chi connectivity index (χ0v) is 33.1. The van der Waals surface area contributed by atoms with Crippen LogP contribution in [0.3, 0.4) is 0 Å². The van der Waals surface area contributed by atoms with Crippen LogP contribution in [0.5, 0.6) is 0 Å². The molecule has 1 fully saturated rings. The Balaban J connectivity index is 1.40. The Kier molecular flexibility index (Phi) is 13.2. The summed E-state index contributed by atoms with van der Waals surface area (Å²) in [6.45, 7) is 8.01. The Labute approximate surface area is 329 Å². The summed E-state index contributed by atoms with van der Waals surface area (Å²) in [4.78, 5) is 43.0. The van der Waals surface area contributed by atoms with E-state index in [1.165, 1.54) is 4.57 Å². The third-order valence-corrected chi connectivity index (χ3v) is 13.1. The Morgan fingerprint density at radius 3 is 1.91 bits per heavy atom. The van der Waals surface area contributed by atoms with Crippen molar-refractivity contribution in [1.29, 1.82) is 5.26 Å². The summed E-state index contributed by atoms with van der Waals surface area (Å²) in [5.74, 6) is -0.254. The average molecular weight is 774 g/mol. The fourth-order valence-corrected chi connectivity index (χ4v) is 10.4. The Morgan fingerprint density at radius 1 is 0.911 bits per heavy atom. The number of nitrogens with one attached hydrogen (secondary N) is 2. The van der Waals surface area contributed by atoms with E-state index in [0.29, 0.717) is 12.0 Å². The minimum atomic E-state index is -3.28. The van der Waals surface area contributed by atoms with Crippen molar-refractivity contribution in [2.45, 2.75) is 76.5 Å². The summed E-state index contributed by atoms with van der Waals surface area (Å²) in [5.41, 5.74) is 1.99. The molecule has 11 nitrogen and oxygen atoms in total. The second-order valence-corrected chi connectivity index (χ2v) is 16.9. The number of hydrogen-bond donors (Lipinski definition) is 3. The maximum Gasteiger partial charge on any atom is 0.351 e. The highest BCUT2D eigenvalue weighted by Gasteiger charge is 2.51. The maximum atomic E-state index is 13.7. The SMILES string of the molecule is CC(C)N(C(C)C)[P+](O)(CCC#N)OC[C@H]1O[C@@H](n2ccc(NC(=O)c3ccccc3)nc2=O)C[C@@H]1NC(c1ccccc1)(c1ccccc1)c1ccccc1. The van der Waals surface area contributed by atoms with Crippen molar-refractivity contribution in [3.63, 3.8) is 0 Å². The Hall–Kier alpha value is -5.05. The number of amides is 1. The van der Waals surface area contributed by atoms with Gasteiger partial charge in [0, 0.05) is 36.3 Å². The average Bonchev–Trinajstić information content (AvgIpc) is 3.61. The molecule has 56 heavy (non-hydrogen) atoms. The van der Waals surface area contributed by atoms with Crippen molar-refractivity contribution in [3.05, 3.63) is 166 Å². The monoisotopic (exact) mass is 773 g/mol. The molecule has 0 aliphatic carbocycles. The van der Waals surface area contributed by atoms with Gasteiger partial charge >= 0.3 is 13.6 Å². The van der Waals surface area contributed by atoms with Gasteiger partial charge in [0.15, 0.2) is 0 Å². The van der Waals surface area contributed by atoms with Crippen LogP contribution in [0.4, 0.5) is 5.82 Å². The molecule has 0 bridgehead atoms. The summed E-state index contributed by atoms with van der Waals surface area (Å²) in [6.07, 6.45) is 0.799. The van der Waals surface area contributed by atoms with Gasteiger partial charge in [-0.2, -0.15) is 14.8 Å². The van der Waals surface area contributed by atoms with Crippen LogP contribution >= 0.6 is 7.87 Å². The smallest absolute Gasteiger partial charge is 0.350 e. The molecule has 6 rings (SSSR count). The number of anilines is 1. The lowest BCUT2D eigenvalue weighted by atomic mass is 9.76. The number of rotatable bonds is 16. The van der Waals surface area contributed by atoms with Gasteiger partial charge in [0.05, 0.1) is 18.0 Å². The molecule has 5 aromatic rings. The van der Waals surface area contributed by atoms with Crippen LogP contribution in [0, 0.1) is 11.3 Å². The van der Waals surface area contributed by atoms with E-state index in [9.17, 15) is 19.7 Å². The van der Waals surface area contributed by atoms with Gasteiger partial charge in [-0.15, -0.1) is 4.67 Å². The second kappa shape index (κ2) is 18.3. The quantitative estimate of drug-likeness (QED) is 0.0685. The zero-order valence-electron chi connectivity index (χ0n) is 32.2. The van der Waals surface area contributed by atoms with E-state index in [4.69, 9.17) is 9.26 Å². The maximum absolute atomic E-state index is 13.7. The predicted octanol–water partition coefficient (Wildman–Crippen LogP) is 7.54. The van der Waals surface area contributed by atoms with E-state index in [2.05, 4.69) is 58.1 Å². The van der Waals surface area contributed by atoms with Gasteiger partial charge in [-0.1, -0.05) is 109 Å². The molecular formula is C44H50N6O5P+. The van der Waals surface area contributed by atoms with Crippen molar-refractivity contribution < 1.29 is 18.9 Å². The number of nitriles is 1. The van der Waals surface area contributed by atoms with Gasteiger partial charge in [-0.3, -0.25) is 14.7 Å². The van der Waals surface area contributed by atoms with Crippen LogP contribution in [-0.2, 0) is 14.8 Å². The fourth-order valence-electron chi connectivity index (χ4n) is 7.73. The lowest BCUT2D eigenvalue weighted by molar-refractivity contribution is -0.0283. The summed E-state index contributed by atoms with van der Waals surface area (Å²) in [6, 6.07) is 42.6. The van der Waals surface area contributed by atoms with Crippen LogP contribution in [-0.4, -0.2) is 62.0 Å². The van der Waals surface area contributed by atoms with Crippen LogP contribution < -0.4 is 16.3 Å². The first kappa shape index (κ1) is 40.6. The number of carbonyl (C=O) groups is 1. The predicted molar refractivity (Wildman–Crippen MR) is 220 cm³/mol. The van der Waals surface area contributed by atoms with Crippen molar-refractivity contribution in [1.82, 2.24) is 19.5 Å². The highest BCUT2D eigenvalue weighted by Crippen LogP contribution is 2.62. The molecule has 2 heterocycles. The Bertz CT molecular complexity index is 2030. The molecule has 12 heteroatoms. The minimum absolute atomic E-state index is 0.0122. The van der Waals surface area contributed by atoms with E-state index < -0.39 is 37.5 Å². The van der Waals surface area contributed by atoms with E-state index in [1.807, 2.05) is 93.0 Å². The molecule has 0 spiro atoms. The first-order valence-electron chi connectivity index (χ1n) is 19.0. The molecule has 3 N–H and O–H groups in total. The van der Waals surface area contributed by atoms with Crippen molar-refractivity contribution in [2.75, 3.05) is 18.1 Å². The van der Waals surface area contributed by atoms with Gasteiger partial charge in [0.1, 0.15) is 30.9 Å². The van der Waals surface area contributed by atoms with Crippen LogP contribution in [0.15, 0.2) is 138 Å². The third kappa shape index (κ3) is 8.98. The van der Waals surface area contributed by atoms with E-state index in [0.717, 1.165) is 16.7 Å². The van der Waals surface area contributed by atoms with Gasteiger partial charge in [-0.05, 0) is 62.6 Å². The van der Waals surface area contributed by atoms with Crippen molar-refractivity contribution in [2.24, 2.45) is 0 Å². The first-order chi connectivity index (χ1) is 27.1. The zero-order chi connectivity index (χ0) is 39.7. The molecule has 0 saturated carbocycles. The van der Waals surface area contributed by atoms with Crippen LogP contribution in [0.1, 0.15) is 73.8 Å². The first-order valence-corrected chi connectivity index (χ1v) is 20.8. The fraction of sp³-hybridized carbons (Fsp3) is 0.318. The van der Waals surface area contributed by atoms with E-state index >= 15 is 0 Å². The molecule has 1 aromatic heterocycles. The third-order valence-electron chi connectivity index (χ3n) is 10.1. The summed E-state index contributed by atoms with van der Waals surface area (Å²) in [5, 5.41) is 16.3. The minimum Gasteiger partial charge on any atom is -0.350 e. The number of ether oxygens (including phenoxy) is 1. The van der Waals surface area contributed by atoms with Gasteiger partial charge in [0.2, 0.25) is 0 Å². The number of hydrogen-bond acceptors (Lipinski definition) is 9. The molecule has 290 valence electrons. The number of benzene rings is 4. The van der Waals surface area contributed by atoms with Gasteiger partial charge in [-0.25, -0.2) is 9.69 Å². The molecule has 1 amide bonds. The summed E-state index contributed by atoms with van der Waals surface area (Å²) in [7, 11) is -3.28. The topological polar surface area (TPSA) is 142 Å². The lowest BCUT2D eigenvalue weighted by Crippen LogP contribution is -2.53. The largest absolute Gasteiger partial charge is 0.351 e. The molecule has 1 unspecified atom stereocenters. The molecule has 4 aromatic carbocycles. The molecular weight excluding hydrogens is 723 g/mol. The van der Waals surface area contributed by atoms with Crippen LogP contribution in [0.25, 0.3) is 0 Å². The van der Waals surface area contributed by atoms with Gasteiger partial charge < -0.3 is 10.1 Å². The summed E-state index contributed by atoms with van der Waals surface area (Å²) >= 11 is 0.